The van der Waals surface area contributed by atoms with Crippen molar-refractivity contribution in [2.75, 3.05) is 18.9 Å². The van der Waals surface area contributed by atoms with Gasteiger partial charge in [0.2, 0.25) is 5.91 Å². The fraction of sp³-hybridized carbons (Fsp3) is 0.400. The molecule has 0 aromatic carbocycles. The van der Waals surface area contributed by atoms with Gasteiger partial charge in [0.05, 0.1) is 22.6 Å². The van der Waals surface area contributed by atoms with E-state index in [2.05, 4.69) is 34.1 Å². The number of nitrogens with one attached hydrogen (secondary N) is 1. The molecular formula is C20H26N6O. The molecule has 0 fully saturated rings. The molecule has 0 radical (unpaired) electrons. The first-order valence-corrected chi connectivity index (χ1v) is 9.18. The Morgan fingerprint density at radius 1 is 1.26 bits per heavy atom. The molecular weight excluding hydrogens is 340 g/mol. The Hall–Kier alpha value is -2.96. The summed E-state index contributed by atoms with van der Waals surface area (Å²) >= 11 is 0. The first kappa shape index (κ1) is 18.8. The predicted molar refractivity (Wildman–Crippen MR) is 107 cm³/mol. The van der Waals surface area contributed by atoms with E-state index >= 15 is 0 Å². The van der Waals surface area contributed by atoms with Gasteiger partial charge in [-0.1, -0.05) is 13.8 Å². The first-order valence-electron chi connectivity index (χ1n) is 9.18. The smallest absolute Gasteiger partial charge is 0.242 e. The number of aryl methyl sites for hydroxylation is 1. The fourth-order valence-corrected chi connectivity index (χ4v) is 3.01. The highest BCUT2D eigenvalue weighted by atomic mass is 16.2. The van der Waals surface area contributed by atoms with Gasteiger partial charge in [0.15, 0.2) is 0 Å². The molecule has 0 bridgehead atoms. The number of likely N-dealkylation sites (N-methyl/N-ethyl adjacent to an activating group) is 1. The first-order chi connectivity index (χ1) is 12.9. The van der Waals surface area contributed by atoms with E-state index in [-0.39, 0.29) is 11.8 Å². The van der Waals surface area contributed by atoms with Crippen LogP contribution in [-0.2, 0) is 11.3 Å². The van der Waals surface area contributed by atoms with Crippen LogP contribution in [0.4, 0.5) is 11.5 Å². The van der Waals surface area contributed by atoms with Crippen molar-refractivity contribution >= 4 is 28.3 Å². The molecule has 0 saturated carbocycles. The van der Waals surface area contributed by atoms with Crippen molar-refractivity contribution in [3.05, 3.63) is 42.2 Å². The van der Waals surface area contributed by atoms with E-state index in [9.17, 15) is 4.79 Å². The van der Waals surface area contributed by atoms with Crippen LogP contribution in [0.5, 0.6) is 0 Å². The van der Waals surface area contributed by atoms with E-state index < -0.39 is 0 Å². The monoisotopic (exact) mass is 366 g/mol. The van der Waals surface area contributed by atoms with Crippen molar-refractivity contribution in [2.45, 2.75) is 40.2 Å². The number of hydrogen-bond donors (Lipinski definition) is 1. The minimum Gasteiger partial charge on any atom is -0.344 e. The number of pyridine rings is 1. The molecule has 3 heterocycles. The summed E-state index contributed by atoms with van der Waals surface area (Å²) in [7, 11) is 1.81. The van der Waals surface area contributed by atoms with Gasteiger partial charge < -0.3 is 14.8 Å². The summed E-state index contributed by atoms with van der Waals surface area (Å²) in [6.07, 6.45) is 5.27. The molecule has 0 atom stereocenters. The standard InChI is InChI=1S/C20H26N6O/c1-6-25(5)17(27)11-26-10-8-15-16(26)7-9-21-20(15)24-19-14(4)22-12-23-18(19)13(2)3/h7-10,12-13H,6,11H2,1-5H3,(H,21,24). The molecule has 3 aromatic heterocycles. The number of amides is 1. The van der Waals surface area contributed by atoms with Gasteiger partial charge in [-0.2, -0.15) is 0 Å². The number of fused-ring (bicyclic) bond motifs is 1. The summed E-state index contributed by atoms with van der Waals surface area (Å²) in [5, 5.41) is 4.38. The maximum Gasteiger partial charge on any atom is 0.242 e. The highest BCUT2D eigenvalue weighted by Gasteiger charge is 2.16. The molecule has 27 heavy (non-hydrogen) atoms. The maximum atomic E-state index is 12.3. The third-order valence-corrected chi connectivity index (χ3v) is 4.76. The molecule has 3 aromatic rings. The van der Waals surface area contributed by atoms with Crippen molar-refractivity contribution in [2.24, 2.45) is 0 Å². The van der Waals surface area contributed by atoms with E-state index in [4.69, 9.17) is 0 Å². The zero-order chi connectivity index (χ0) is 19.6. The van der Waals surface area contributed by atoms with E-state index in [1.54, 1.807) is 17.4 Å². The van der Waals surface area contributed by atoms with Crippen molar-refractivity contribution < 1.29 is 4.79 Å². The number of aromatic nitrogens is 4. The molecule has 0 aliphatic rings. The van der Waals surface area contributed by atoms with Crippen LogP contribution in [0.15, 0.2) is 30.9 Å². The molecule has 0 aliphatic heterocycles. The fourth-order valence-electron chi connectivity index (χ4n) is 3.01. The number of carbonyl (C=O) groups is 1. The van der Waals surface area contributed by atoms with Crippen LogP contribution in [0.3, 0.4) is 0 Å². The van der Waals surface area contributed by atoms with Crippen molar-refractivity contribution in [3.8, 4) is 0 Å². The number of hydrogen-bond acceptors (Lipinski definition) is 5. The van der Waals surface area contributed by atoms with Gasteiger partial charge in [-0.25, -0.2) is 15.0 Å². The number of rotatable bonds is 6. The Morgan fingerprint density at radius 3 is 2.74 bits per heavy atom. The largest absolute Gasteiger partial charge is 0.344 e. The van der Waals surface area contributed by atoms with Crippen LogP contribution in [0.25, 0.3) is 10.9 Å². The van der Waals surface area contributed by atoms with Crippen LogP contribution < -0.4 is 5.32 Å². The van der Waals surface area contributed by atoms with E-state index in [0.29, 0.717) is 13.1 Å². The second kappa shape index (κ2) is 7.73. The lowest BCUT2D eigenvalue weighted by molar-refractivity contribution is -0.130. The number of carbonyl (C=O) groups excluding carboxylic acids is 1. The highest BCUT2D eigenvalue weighted by Crippen LogP contribution is 2.30. The van der Waals surface area contributed by atoms with Crippen LogP contribution >= 0.6 is 0 Å². The van der Waals surface area contributed by atoms with E-state index in [1.807, 2.05) is 43.8 Å². The van der Waals surface area contributed by atoms with E-state index in [0.717, 1.165) is 33.8 Å². The van der Waals surface area contributed by atoms with Crippen LogP contribution in [-0.4, -0.2) is 43.9 Å². The van der Waals surface area contributed by atoms with Crippen LogP contribution in [0, 0.1) is 6.92 Å². The summed E-state index contributed by atoms with van der Waals surface area (Å²) in [6, 6.07) is 3.91. The van der Waals surface area contributed by atoms with Crippen molar-refractivity contribution in [1.82, 2.24) is 24.4 Å². The number of anilines is 2. The summed E-state index contributed by atoms with van der Waals surface area (Å²) < 4.78 is 1.95. The molecule has 0 saturated heterocycles. The minimum atomic E-state index is 0.0794. The quantitative estimate of drug-likeness (QED) is 0.723. The lowest BCUT2D eigenvalue weighted by Gasteiger charge is -2.16. The summed E-state index contributed by atoms with van der Waals surface area (Å²) in [4.78, 5) is 27.3. The van der Waals surface area contributed by atoms with E-state index in [1.165, 1.54) is 0 Å². The molecule has 3 rings (SSSR count). The normalized spacial score (nSPS) is 11.2. The summed E-state index contributed by atoms with van der Waals surface area (Å²) in [5.41, 5.74) is 3.69. The van der Waals surface area contributed by atoms with Gasteiger partial charge in [0, 0.05) is 31.4 Å². The average molecular weight is 366 g/mol. The minimum absolute atomic E-state index is 0.0794. The molecule has 7 nitrogen and oxygen atoms in total. The Labute approximate surface area is 159 Å². The third-order valence-electron chi connectivity index (χ3n) is 4.76. The van der Waals surface area contributed by atoms with Gasteiger partial charge in [-0.05, 0) is 31.9 Å². The van der Waals surface area contributed by atoms with Gasteiger partial charge in [-0.15, -0.1) is 0 Å². The highest BCUT2D eigenvalue weighted by molar-refractivity contribution is 5.93. The van der Waals surface area contributed by atoms with Crippen LogP contribution in [0.1, 0.15) is 38.1 Å². The van der Waals surface area contributed by atoms with Crippen LogP contribution in [0.2, 0.25) is 0 Å². The Bertz CT molecular complexity index is 962. The molecule has 142 valence electrons. The molecule has 7 heteroatoms. The second-order valence-corrected chi connectivity index (χ2v) is 6.94. The van der Waals surface area contributed by atoms with Gasteiger partial charge >= 0.3 is 0 Å². The molecule has 0 aliphatic carbocycles. The van der Waals surface area contributed by atoms with Crippen molar-refractivity contribution in [1.29, 1.82) is 0 Å². The molecule has 1 N–H and O–H groups in total. The van der Waals surface area contributed by atoms with Gasteiger partial charge in [0.1, 0.15) is 18.7 Å². The Kier molecular flexibility index (Phi) is 5.39. The predicted octanol–water partition coefficient (Wildman–Crippen LogP) is 3.48. The topological polar surface area (TPSA) is 75.9 Å². The molecule has 0 spiro atoms. The Morgan fingerprint density at radius 2 is 2.04 bits per heavy atom. The number of nitrogens with zero attached hydrogens (tertiary/aromatic N) is 5. The maximum absolute atomic E-state index is 12.3. The van der Waals surface area contributed by atoms with Crippen molar-refractivity contribution in [3.63, 3.8) is 0 Å². The summed E-state index contributed by atoms with van der Waals surface area (Å²) in [6.45, 7) is 9.13. The third kappa shape index (κ3) is 3.77. The zero-order valence-corrected chi connectivity index (χ0v) is 16.5. The molecule has 0 unspecified atom stereocenters. The summed E-state index contributed by atoms with van der Waals surface area (Å²) in [5.74, 6) is 1.08. The lowest BCUT2D eigenvalue weighted by atomic mass is 10.1. The SMILES string of the molecule is CCN(C)C(=O)Cn1ccc2c(Nc3c(C)ncnc3C(C)C)nccc21. The second-order valence-electron chi connectivity index (χ2n) is 6.94. The average Bonchev–Trinajstić information content (AvgIpc) is 3.06. The Balaban J connectivity index is 1.97. The van der Waals surface area contributed by atoms with Gasteiger partial charge in [0.25, 0.3) is 0 Å². The lowest BCUT2D eigenvalue weighted by Crippen LogP contribution is -2.29. The zero-order valence-electron chi connectivity index (χ0n) is 16.5. The molecule has 1 amide bonds. The van der Waals surface area contributed by atoms with Gasteiger partial charge in [-0.3, -0.25) is 4.79 Å².